The third-order valence-electron chi connectivity index (χ3n) is 2.72. The summed E-state index contributed by atoms with van der Waals surface area (Å²) in [6, 6.07) is -0.326. The van der Waals surface area contributed by atoms with Gasteiger partial charge in [0.15, 0.2) is 0 Å². The number of hydrogen-bond acceptors (Lipinski definition) is 6. The molecule has 2 aliphatic heterocycles. The van der Waals surface area contributed by atoms with Crippen LogP contribution >= 0.6 is 0 Å². The number of nitrogens with two attached hydrogens (primary N) is 2. The van der Waals surface area contributed by atoms with E-state index in [-0.39, 0.29) is 24.3 Å². The van der Waals surface area contributed by atoms with Gasteiger partial charge in [-0.2, -0.15) is 0 Å². The molecule has 0 radical (unpaired) electrons. The van der Waals surface area contributed by atoms with Crippen molar-refractivity contribution < 1.29 is 19.7 Å². The van der Waals surface area contributed by atoms with Gasteiger partial charge in [-0.05, 0) is 12.8 Å². The Balaban J connectivity index is 0.000000160. The molecule has 6 N–H and O–H groups in total. The van der Waals surface area contributed by atoms with Gasteiger partial charge < -0.3 is 31.2 Å². The summed E-state index contributed by atoms with van der Waals surface area (Å²) >= 11 is 0. The zero-order chi connectivity index (χ0) is 12.0. The Hall–Kier alpha value is -0.240. The minimum atomic E-state index is -0.344. The fraction of sp³-hybridized carbons (Fsp3) is 1.00. The molecule has 2 heterocycles. The molecule has 0 unspecified atom stereocenters. The van der Waals surface area contributed by atoms with Gasteiger partial charge in [-0.1, -0.05) is 0 Å². The highest BCUT2D eigenvalue weighted by molar-refractivity contribution is 4.74. The normalized spacial score (nSPS) is 39.8. The maximum Gasteiger partial charge on any atom is 0.0735 e. The van der Waals surface area contributed by atoms with Crippen molar-refractivity contribution in [3.63, 3.8) is 0 Å². The lowest BCUT2D eigenvalue weighted by Crippen LogP contribution is -2.43. The third-order valence-corrected chi connectivity index (χ3v) is 2.72. The van der Waals surface area contributed by atoms with Crippen LogP contribution in [0.1, 0.15) is 12.8 Å². The van der Waals surface area contributed by atoms with Crippen LogP contribution in [0.15, 0.2) is 0 Å². The second-order valence-corrected chi connectivity index (χ2v) is 4.19. The first kappa shape index (κ1) is 13.8. The molecule has 0 bridgehead atoms. The standard InChI is InChI=1S/2C5H11NO2/c2*6-4-3-8-2-1-5(4)7/h2*4-5,7H,1-3,6H2/t2*4-,5+/m10/s1. The van der Waals surface area contributed by atoms with Crippen LogP contribution in [0.4, 0.5) is 0 Å². The SMILES string of the molecule is N[C@@H]1COCC[C@@H]1O.N[C@H]1COCC[C@H]1O. The van der Waals surface area contributed by atoms with E-state index in [4.69, 9.17) is 31.2 Å². The second-order valence-electron chi connectivity index (χ2n) is 4.19. The number of ether oxygens (including phenoxy) is 2. The summed E-state index contributed by atoms with van der Waals surface area (Å²) in [5, 5.41) is 17.9. The molecule has 96 valence electrons. The molecule has 16 heavy (non-hydrogen) atoms. The Morgan fingerprint density at radius 2 is 1.19 bits per heavy atom. The zero-order valence-electron chi connectivity index (χ0n) is 9.42. The van der Waals surface area contributed by atoms with Crippen LogP contribution in [-0.4, -0.2) is 60.9 Å². The predicted octanol–water partition coefficient (Wildman–Crippen LogP) is -1.81. The van der Waals surface area contributed by atoms with Gasteiger partial charge in [-0.25, -0.2) is 0 Å². The van der Waals surface area contributed by atoms with Gasteiger partial charge in [0.05, 0.1) is 37.5 Å². The molecule has 0 amide bonds. The summed E-state index contributed by atoms with van der Waals surface area (Å²) in [5.41, 5.74) is 10.8. The van der Waals surface area contributed by atoms with Gasteiger partial charge in [0.25, 0.3) is 0 Å². The smallest absolute Gasteiger partial charge is 0.0735 e. The molecule has 0 saturated carbocycles. The van der Waals surface area contributed by atoms with E-state index in [9.17, 15) is 0 Å². The van der Waals surface area contributed by atoms with Gasteiger partial charge >= 0.3 is 0 Å². The van der Waals surface area contributed by atoms with Crippen molar-refractivity contribution in [2.24, 2.45) is 11.5 Å². The lowest BCUT2D eigenvalue weighted by Gasteiger charge is -2.23. The van der Waals surface area contributed by atoms with E-state index in [1.54, 1.807) is 0 Å². The Labute approximate surface area is 95.5 Å². The molecule has 6 heteroatoms. The molecular weight excluding hydrogens is 212 g/mol. The van der Waals surface area contributed by atoms with E-state index in [0.717, 1.165) is 0 Å². The second kappa shape index (κ2) is 7.16. The molecule has 2 rings (SSSR count). The molecule has 0 aromatic carbocycles. The van der Waals surface area contributed by atoms with Gasteiger partial charge in [-0.15, -0.1) is 0 Å². The van der Waals surface area contributed by atoms with Gasteiger partial charge in [0.2, 0.25) is 0 Å². The topological polar surface area (TPSA) is 111 Å². The minimum Gasteiger partial charge on any atom is -0.391 e. The van der Waals surface area contributed by atoms with Crippen LogP contribution in [0, 0.1) is 0 Å². The number of aliphatic hydroxyl groups excluding tert-OH is 2. The first-order chi connectivity index (χ1) is 7.61. The highest BCUT2D eigenvalue weighted by Gasteiger charge is 2.19. The van der Waals surface area contributed by atoms with Crippen molar-refractivity contribution in [1.29, 1.82) is 0 Å². The molecular formula is C10H22N2O4. The maximum absolute atomic E-state index is 8.97. The monoisotopic (exact) mass is 234 g/mol. The lowest BCUT2D eigenvalue weighted by molar-refractivity contribution is -0.00340. The van der Waals surface area contributed by atoms with E-state index in [0.29, 0.717) is 39.3 Å². The minimum absolute atomic E-state index is 0.163. The van der Waals surface area contributed by atoms with Gasteiger partial charge in [-0.3, -0.25) is 0 Å². The van der Waals surface area contributed by atoms with Crippen molar-refractivity contribution in [3.8, 4) is 0 Å². The van der Waals surface area contributed by atoms with Crippen LogP contribution < -0.4 is 11.5 Å². The average molecular weight is 234 g/mol. The summed E-state index contributed by atoms with van der Waals surface area (Å²) in [6.45, 7) is 2.30. The molecule has 2 saturated heterocycles. The van der Waals surface area contributed by atoms with Crippen LogP contribution in [-0.2, 0) is 9.47 Å². The molecule has 6 nitrogen and oxygen atoms in total. The summed E-state index contributed by atoms with van der Waals surface area (Å²) in [7, 11) is 0. The molecule has 2 aliphatic rings. The Kier molecular flexibility index (Phi) is 6.18. The predicted molar refractivity (Wildman–Crippen MR) is 58.8 cm³/mol. The molecule has 2 fully saturated rings. The number of aliphatic hydroxyl groups is 2. The summed E-state index contributed by atoms with van der Waals surface area (Å²) in [5.74, 6) is 0. The first-order valence-electron chi connectivity index (χ1n) is 5.64. The summed E-state index contributed by atoms with van der Waals surface area (Å²) in [6.07, 6.45) is 0.676. The van der Waals surface area contributed by atoms with E-state index in [1.807, 2.05) is 0 Å². The van der Waals surface area contributed by atoms with E-state index in [1.165, 1.54) is 0 Å². The maximum atomic E-state index is 8.97. The number of hydrogen-bond donors (Lipinski definition) is 4. The van der Waals surface area contributed by atoms with Crippen LogP contribution in [0.25, 0.3) is 0 Å². The van der Waals surface area contributed by atoms with Gasteiger partial charge in [0.1, 0.15) is 0 Å². The fourth-order valence-corrected chi connectivity index (χ4v) is 1.50. The van der Waals surface area contributed by atoms with E-state index in [2.05, 4.69) is 0 Å². The van der Waals surface area contributed by atoms with Crippen molar-refractivity contribution in [2.75, 3.05) is 26.4 Å². The van der Waals surface area contributed by atoms with Crippen LogP contribution in [0.2, 0.25) is 0 Å². The molecule has 4 atom stereocenters. The Morgan fingerprint density at radius 1 is 0.812 bits per heavy atom. The fourth-order valence-electron chi connectivity index (χ4n) is 1.50. The van der Waals surface area contributed by atoms with Crippen molar-refractivity contribution in [1.82, 2.24) is 0 Å². The largest absolute Gasteiger partial charge is 0.391 e. The van der Waals surface area contributed by atoms with E-state index < -0.39 is 0 Å². The van der Waals surface area contributed by atoms with E-state index >= 15 is 0 Å². The lowest BCUT2D eigenvalue weighted by atomic mass is 10.1. The zero-order valence-corrected chi connectivity index (χ0v) is 9.42. The average Bonchev–Trinajstić information content (AvgIpc) is 2.28. The third kappa shape index (κ3) is 4.73. The van der Waals surface area contributed by atoms with Crippen molar-refractivity contribution in [3.05, 3.63) is 0 Å². The molecule has 0 aromatic heterocycles. The van der Waals surface area contributed by atoms with Crippen LogP contribution in [0.3, 0.4) is 0 Å². The van der Waals surface area contributed by atoms with Crippen LogP contribution in [0.5, 0.6) is 0 Å². The van der Waals surface area contributed by atoms with Crippen molar-refractivity contribution in [2.45, 2.75) is 37.1 Å². The van der Waals surface area contributed by atoms with Gasteiger partial charge in [0, 0.05) is 13.2 Å². The highest BCUT2D eigenvalue weighted by atomic mass is 16.5. The quantitative estimate of drug-likeness (QED) is 0.393. The first-order valence-corrected chi connectivity index (χ1v) is 5.64. The molecule has 0 aromatic rings. The number of rotatable bonds is 0. The Morgan fingerprint density at radius 3 is 1.38 bits per heavy atom. The summed E-state index contributed by atoms with van der Waals surface area (Å²) in [4.78, 5) is 0. The van der Waals surface area contributed by atoms with Crippen molar-refractivity contribution >= 4 is 0 Å². The summed E-state index contributed by atoms with van der Waals surface area (Å²) < 4.78 is 9.93. The Bertz CT molecular complexity index is 154. The molecule has 0 spiro atoms. The highest BCUT2D eigenvalue weighted by Crippen LogP contribution is 2.04. The molecule has 0 aliphatic carbocycles.